The number of carbonyl (C=O) groups excluding carboxylic acids is 2. The SMILES string of the molecule is CCOC(=O)C1=C(/C=C/C2CCN(C(=O)OC(C)(C)C)CC2)CCS1. The van der Waals surface area contributed by atoms with Gasteiger partial charge in [-0.15, -0.1) is 11.8 Å². The Morgan fingerprint density at radius 3 is 2.56 bits per heavy atom. The number of hydrogen-bond donors (Lipinski definition) is 0. The van der Waals surface area contributed by atoms with E-state index in [4.69, 9.17) is 9.47 Å². The summed E-state index contributed by atoms with van der Waals surface area (Å²) in [7, 11) is 0. The third-order valence-corrected chi connectivity index (χ3v) is 5.26. The first-order chi connectivity index (χ1) is 11.8. The molecular weight excluding hydrogens is 338 g/mol. The molecule has 0 bridgehead atoms. The summed E-state index contributed by atoms with van der Waals surface area (Å²) >= 11 is 1.58. The summed E-state index contributed by atoms with van der Waals surface area (Å²) in [5.74, 6) is 1.16. The predicted octanol–water partition coefficient (Wildman–Crippen LogP) is 4.14. The Balaban J connectivity index is 1.87. The Bertz CT molecular complexity index is 554. The van der Waals surface area contributed by atoms with Crippen molar-refractivity contribution < 1.29 is 19.1 Å². The maximum absolute atomic E-state index is 12.1. The highest BCUT2D eigenvalue weighted by molar-refractivity contribution is 8.04. The van der Waals surface area contributed by atoms with Crippen molar-refractivity contribution in [3.8, 4) is 0 Å². The van der Waals surface area contributed by atoms with Crippen LogP contribution < -0.4 is 0 Å². The minimum absolute atomic E-state index is 0.204. The minimum Gasteiger partial charge on any atom is -0.462 e. The van der Waals surface area contributed by atoms with E-state index >= 15 is 0 Å². The van der Waals surface area contributed by atoms with Crippen LogP contribution in [0.4, 0.5) is 4.79 Å². The number of likely N-dealkylation sites (tertiary alicyclic amines) is 1. The predicted molar refractivity (Wildman–Crippen MR) is 100 cm³/mol. The summed E-state index contributed by atoms with van der Waals surface area (Å²) in [6, 6.07) is 0. The van der Waals surface area contributed by atoms with Crippen LogP contribution in [-0.2, 0) is 14.3 Å². The number of allylic oxidation sites excluding steroid dienone is 3. The molecule has 0 aromatic heterocycles. The molecule has 2 aliphatic rings. The first kappa shape index (κ1) is 19.9. The number of amides is 1. The first-order valence-corrected chi connectivity index (χ1v) is 9.98. The summed E-state index contributed by atoms with van der Waals surface area (Å²) in [6.07, 6.45) is 6.80. The van der Waals surface area contributed by atoms with Crippen LogP contribution in [0.15, 0.2) is 22.6 Å². The van der Waals surface area contributed by atoms with E-state index in [1.807, 2.05) is 27.7 Å². The number of hydrogen-bond acceptors (Lipinski definition) is 5. The largest absolute Gasteiger partial charge is 0.462 e. The number of nitrogens with zero attached hydrogens (tertiary/aromatic N) is 1. The van der Waals surface area contributed by atoms with E-state index in [1.165, 1.54) is 0 Å². The third-order valence-electron chi connectivity index (χ3n) is 4.13. The molecule has 1 fully saturated rings. The van der Waals surface area contributed by atoms with Crippen molar-refractivity contribution in [1.29, 1.82) is 0 Å². The molecule has 0 aromatic rings. The van der Waals surface area contributed by atoms with Gasteiger partial charge in [-0.3, -0.25) is 0 Å². The fraction of sp³-hybridized carbons (Fsp3) is 0.684. The van der Waals surface area contributed by atoms with Gasteiger partial charge in [0.2, 0.25) is 0 Å². The lowest BCUT2D eigenvalue weighted by Crippen LogP contribution is -2.41. The summed E-state index contributed by atoms with van der Waals surface area (Å²) in [5.41, 5.74) is 0.627. The normalized spacial score (nSPS) is 19.6. The van der Waals surface area contributed by atoms with E-state index in [0.29, 0.717) is 25.6 Å². The van der Waals surface area contributed by atoms with Crippen LogP contribution in [0, 0.1) is 5.92 Å². The molecular formula is C19H29NO4S. The summed E-state index contributed by atoms with van der Waals surface area (Å²) < 4.78 is 10.5. The Morgan fingerprint density at radius 1 is 1.28 bits per heavy atom. The third kappa shape index (κ3) is 6.10. The van der Waals surface area contributed by atoms with Gasteiger partial charge in [-0.2, -0.15) is 0 Å². The molecule has 6 heteroatoms. The lowest BCUT2D eigenvalue weighted by Gasteiger charge is -2.32. The molecule has 0 aliphatic carbocycles. The van der Waals surface area contributed by atoms with Crippen molar-refractivity contribution >= 4 is 23.8 Å². The number of piperidine rings is 1. The summed E-state index contributed by atoms with van der Waals surface area (Å²) in [6.45, 7) is 9.30. The van der Waals surface area contributed by atoms with Crippen LogP contribution in [0.3, 0.4) is 0 Å². The van der Waals surface area contributed by atoms with Gasteiger partial charge in [0, 0.05) is 18.8 Å². The van der Waals surface area contributed by atoms with Crippen molar-refractivity contribution in [1.82, 2.24) is 4.90 Å². The second-order valence-corrected chi connectivity index (χ2v) is 8.44. The van der Waals surface area contributed by atoms with Crippen LogP contribution >= 0.6 is 11.8 Å². The van der Waals surface area contributed by atoms with E-state index in [1.54, 1.807) is 16.7 Å². The molecule has 0 unspecified atom stereocenters. The molecule has 2 aliphatic heterocycles. The Hall–Kier alpha value is -1.43. The van der Waals surface area contributed by atoms with Gasteiger partial charge in [-0.05, 0) is 58.4 Å². The maximum atomic E-state index is 12.1. The monoisotopic (exact) mass is 367 g/mol. The van der Waals surface area contributed by atoms with Crippen LogP contribution in [0.1, 0.15) is 47.0 Å². The van der Waals surface area contributed by atoms with Gasteiger partial charge >= 0.3 is 12.1 Å². The molecule has 0 saturated carbocycles. The van der Waals surface area contributed by atoms with E-state index in [0.717, 1.165) is 35.5 Å². The Kier molecular flexibility index (Phi) is 6.99. The van der Waals surface area contributed by atoms with Crippen LogP contribution in [-0.4, -0.2) is 48.0 Å². The average molecular weight is 368 g/mol. The molecule has 0 aromatic carbocycles. The van der Waals surface area contributed by atoms with E-state index in [9.17, 15) is 9.59 Å². The van der Waals surface area contributed by atoms with Crippen molar-refractivity contribution in [2.45, 2.75) is 52.6 Å². The van der Waals surface area contributed by atoms with Crippen LogP contribution in [0.2, 0.25) is 0 Å². The highest BCUT2D eigenvalue weighted by Gasteiger charge is 2.26. The zero-order chi connectivity index (χ0) is 18.4. The van der Waals surface area contributed by atoms with Gasteiger partial charge in [0.15, 0.2) is 0 Å². The zero-order valence-corrected chi connectivity index (χ0v) is 16.5. The minimum atomic E-state index is -0.454. The molecule has 2 rings (SSSR count). The number of carbonyl (C=O) groups is 2. The van der Waals surface area contributed by atoms with E-state index in [2.05, 4.69) is 12.2 Å². The molecule has 5 nitrogen and oxygen atoms in total. The Labute approximate surface area is 154 Å². The summed E-state index contributed by atoms with van der Waals surface area (Å²) in [5, 5.41) is 0. The second-order valence-electron chi connectivity index (χ2n) is 7.34. The van der Waals surface area contributed by atoms with Gasteiger partial charge in [-0.1, -0.05) is 12.2 Å². The Morgan fingerprint density at radius 2 is 1.96 bits per heavy atom. The van der Waals surface area contributed by atoms with Crippen LogP contribution in [0.5, 0.6) is 0 Å². The van der Waals surface area contributed by atoms with Gasteiger partial charge in [0.1, 0.15) is 5.60 Å². The maximum Gasteiger partial charge on any atom is 0.410 e. The quantitative estimate of drug-likeness (QED) is 0.699. The topological polar surface area (TPSA) is 55.8 Å². The van der Waals surface area contributed by atoms with E-state index < -0.39 is 5.60 Å². The molecule has 25 heavy (non-hydrogen) atoms. The van der Waals surface area contributed by atoms with E-state index in [-0.39, 0.29) is 12.1 Å². The summed E-state index contributed by atoms with van der Waals surface area (Å²) in [4.78, 5) is 26.6. The fourth-order valence-electron chi connectivity index (χ4n) is 2.87. The zero-order valence-electron chi connectivity index (χ0n) is 15.7. The molecule has 0 atom stereocenters. The highest BCUT2D eigenvalue weighted by atomic mass is 32.2. The van der Waals surface area contributed by atoms with Gasteiger partial charge in [-0.25, -0.2) is 9.59 Å². The van der Waals surface area contributed by atoms with Gasteiger partial charge < -0.3 is 14.4 Å². The molecule has 0 spiro atoms. The van der Waals surface area contributed by atoms with Crippen LogP contribution in [0.25, 0.3) is 0 Å². The second kappa shape index (κ2) is 8.79. The van der Waals surface area contributed by atoms with Crippen molar-refractivity contribution in [2.75, 3.05) is 25.4 Å². The van der Waals surface area contributed by atoms with Crippen molar-refractivity contribution in [3.63, 3.8) is 0 Å². The number of ether oxygens (including phenoxy) is 2. The number of thioether (sulfide) groups is 1. The lowest BCUT2D eigenvalue weighted by atomic mass is 9.95. The molecule has 140 valence electrons. The molecule has 1 amide bonds. The fourth-order valence-corrected chi connectivity index (χ4v) is 3.93. The first-order valence-electron chi connectivity index (χ1n) is 8.99. The van der Waals surface area contributed by atoms with Gasteiger partial charge in [0.25, 0.3) is 0 Å². The average Bonchev–Trinajstić information content (AvgIpc) is 3.00. The molecule has 1 saturated heterocycles. The van der Waals surface area contributed by atoms with Crippen molar-refractivity contribution in [3.05, 3.63) is 22.6 Å². The van der Waals surface area contributed by atoms with Crippen molar-refractivity contribution in [2.24, 2.45) is 5.92 Å². The molecule has 0 radical (unpaired) electrons. The number of esters is 1. The standard InChI is InChI=1S/C19H29NO4S/c1-5-23-17(21)16-15(10-13-25-16)7-6-14-8-11-20(12-9-14)18(22)24-19(2,3)4/h6-7,14H,5,8-13H2,1-4H3/b7-6+. The highest BCUT2D eigenvalue weighted by Crippen LogP contribution is 2.33. The smallest absolute Gasteiger partial charge is 0.410 e. The number of rotatable bonds is 4. The van der Waals surface area contributed by atoms with Gasteiger partial charge in [0.05, 0.1) is 11.5 Å². The lowest BCUT2D eigenvalue weighted by molar-refractivity contribution is -0.137. The molecule has 2 heterocycles. The molecule has 0 N–H and O–H groups in total.